The summed E-state index contributed by atoms with van der Waals surface area (Å²) in [5, 5.41) is 3.94. The molecule has 1 N–H and O–H groups in total. The van der Waals surface area contributed by atoms with E-state index in [1.807, 2.05) is 44.2 Å². The highest BCUT2D eigenvalue weighted by molar-refractivity contribution is 5.89. The van der Waals surface area contributed by atoms with Gasteiger partial charge in [0.25, 0.3) is 0 Å². The summed E-state index contributed by atoms with van der Waals surface area (Å²) < 4.78 is 0. The van der Waals surface area contributed by atoms with Crippen LogP contribution < -0.4 is 5.32 Å². The second kappa shape index (κ2) is 8.97. The van der Waals surface area contributed by atoms with E-state index in [9.17, 15) is 9.59 Å². The van der Waals surface area contributed by atoms with Gasteiger partial charge < -0.3 is 10.2 Å². The highest BCUT2D eigenvalue weighted by atomic mass is 16.2. The molecule has 2 heterocycles. The van der Waals surface area contributed by atoms with E-state index in [2.05, 4.69) is 21.3 Å². The first kappa shape index (κ1) is 20.0. The van der Waals surface area contributed by atoms with Gasteiger partial charge in [-0.05, 0) is 25.5 Å². The molecule has 1 fully saturated rings. The number of hydrogen-bond acceptors (Lipinski definition) is 4. The maximum atomic E-state index is 12.9. The first-order chi connectivity index (χ1) is 13.5. The molecule has 6 heteroatoms. The van der Waals surface area contributed by atoms with Gasteiger partial charge in [-0.3, -0.25) is 19.5 Å². The fourth-order valence-corrected chi connectivity index (χ4v) is 3.46. The molecule has 3 rings (SSSR count). The van der Waals surface area contributed by atoms with Crippen LogP contribution in [0.5, 0.6) is 0 Å². The normalized spacial score (nSPS) is 17.2. The second-order valence-corrected chi connectivity index (χ2v) is 7.53. The lowest BCUT2D eigenvalue weighted by molar-refractivity contribution is -0.138. The van der Waals surface area contributed by atoms with Gasteiger partial charge in [-0.2, -0.15) is 0 Å². The minimum absolute atomic E-state index is 0.0443. The minimum atomic E-state index is -0.426. The van der Waals surface area contributed by atoms with Crippen molar-refractivity contribution in [3.05, 3.63) is 53.7 Å². The van der Waals surface area contributed by atoms with Crippen LogP contribution in [0.3, 0.4) is 0 Å². The van der Waals surface area contributed by atoms with E-state index in [0.29, 0.717) is 19.6 Å². The Morgan fingerprint density at radius 2 is 2.11 bits per heavy atom. The van der Waals surface area contributed by atoms with Gasteiger partial charge in [0.2, 0.25) is 11.8 Å². The number of nitrogens with one attached hydrogen (secondary N) is 1. The number of carbonyl (C=O) groups excluding carboxylic acids is 2. The molecular weight excluding hydrogens is 352 g/mol. The van der Waals surface area contributed by atoms with Gasteiger partial charge >= 0.3 is 0 Å². The van der Waals surface area contributed by atoms with Gasteiger partial charge in [0, 0.05) is 44.8 Å². The molecule has 0 bridgehead atoms. The number of allylic oxidation sites excluding steroid dienone is 1. The monoisotopic (exact) mass is 380 g/mol. The Kier molecular flexibility index (Phi) is 6.41. The molecule has 0 aliphatic carbocycles. The molecule has 1 aliphatic rings. The lowest BCUT2D eigenvalue weighted by Crippen LogP contribution is -2.56. The predicted octanol–water partition coefficient (Wildman–Crippen LogP) is 2.35. The number of para-hydroxylation sites is 1. The van der Waals surface area contributed by atoms with Gasteiger partial charge in [0.05, 0.1) is 18.0 Å². The van der Waals surface area contributed by atoms with Crippen LogP contribution in [-0.2, 0) is 16.1 Å². The van der Waals surface area contributed by atoms with E-state index in [1.54, 1.807) is 18.1 Å². The van der Waals surface area contributed by atoms with Crippen LogP contribution in [0.1, 0.15) is 25.8 Å². The Morgan fingerprint density at radius 3 is 2.89 bits per heavy atom. The Bertz CT molecular complexity index is 884. The molecule has 1 atom stereocenters. The molecule has 1 saturated heterocycles. The van der Waals surface area contributed by atoms with Gasteiger partial charge in [-0.15, -0.1) is 0 Å². The van der Waals surface area contributed by atoms with E-state index >= 15 is 0 Å². The highest BCUT2D eigenvalue weighted by Crippen LogP contribution is 2.18. The lowest BCUT2D eigenvalue weighted by atomic mass is 10.1. The van der Waals surface area contributed by atoms with Crippen molar-refractivity contribution in [2.75, 3.05) is 26.7 Å². The number of benzene rings is 1. The van der Waals surface area contributed by atoms with Crippen molar-refractivity contribution in [3.63, 3.8) is 0 Å². The third-order valence-electron chi connectivity index (χ3n) is 5.09. The largest absolute Gasteiger partial charge is 0.353 e. The molecule has 2 aromatic rings. The van der Waals surface area contributed by atoms with Gasteiger partial charge in [-0.1, -0.05) is 35.9 Å². The summed E-state index contributed by atoms with van der Waals surface area (Å²) in [7, 11) is 1.78. The summed E-state index contributed by atoms with van der Waals surface area (Å²) in [6, 6.07) is 9.48. The van der Waals surface area contributed by atoms with Gasteiger partial charge in [0.15, 0.2) is 0 Å². The molecule has 2 amide bonds. The third-order valence-corrected chi connectivity index (χ3v) is 5.09. The van der Waals surface area contributed by atoms with Crippen LogP contribution in [0, 0.1) is 0 Å². The fraction of sp³-hybridized carbons (Fsp3) is 0.409. The lowest BCUT2D eigenvalue weighted by Gasteiger charge is -2.34. The number of nitrogens with zero attached hydrogens (tertiary/aromatic N) is 3. The Balaban J connectivity index is 1.69. The number of fused-ring (bicyclic) bond motifs is 1. The maximum absolute atomic E-state index is 12.9. The maximum Gasteiger partial charge on any atom is 0.237 e. The average molecular weight is 380 g/mol. The molecule has 6 nitrogen and oxygen atoms in total. The zero-order valence-corrected chi connectivity index (χ0v) is 16.8. The van der Waals surface area contributed by atoms with Crippen molar-refractivity contribution in [1.82, 2.24) is 20.1 Å². The smallest absolute Gasteiger partial charge is 0.237 e. The summed E-state index contributed by atoms with van der Waals surface area (Å²) in [5.41, 5.74) is 3.12. The molecule has 148 valence electrons. The van der Waals surface area contributed by atoms with Crippen molar-refractivity contribution < 1.29 is 9.59 Å². The quantitative estimate of drug-likeness (QED) is 0.782. The summed E-state index contributed by atoms with van der Waals surface area (Å²) in [6.45, 7) is 6.61. The standard InChI is InChI=1S/C22H28N4O2/c1-16(2)9-12-26-13-11-24-22(28)19(26)14-20(27)25(3)15-18-7-4-6-17-8-5-10-23-21(17)18/h4-10,19H,11-15H2,1-3H3,(H,24,28)/t19-/m1/s1. The molecule has 1 aromatic carbocycles. The van der Waals surface area contributed by atoms with Crippen molar-refractivity contribution in [1.29, 1.82) is 0 Å². The second-order valence-electron chi connectivity index (χ2n) is 7.53. The van der Waals surface area contributed by atoms with E-state index in [0.717, 1.165) is 23.0 Å². The van der Waals surface area contributed by atoms with E-state index in [1.165, 1.54) is 5.57 Å². The molecule has 28 heavy (non-hydrogen) atoms. The number of hydrogen-bond donors (Lipinski definition) is 1. The number of aromatic nitrogens is 1. The first-order valence-electron chi connectivity index (χ1n) is 9.67. The number of carbonyl (C=O) groups is 2. The van der Waals surface area contributed by atoms with Crippen LogP contribution in [0.2, 0.25) is 0 Å². The number of pyridine rings is 1. The Labute approximate surface area is 166 Å². The van der Waals surface area contributed by atoms with E-state index in [-0.39, 0.29) is 18.2 Å². The molecule has 1 aliphatic heterocycles. The minimum Gasteiger partial charge on any atom is -0.353 e. The fourth-order valence-electron chi connectivity index (χ4n) is 3.46. The molecular formula is C22H28N4O2. The number of amides is 2. The third kappa shape index (κ3) is 4.75. The van der Waals surface area contributed by atoms with Crippen molar-refractivity contribution in [2.24, 2.45) is 0 Å². The van der Waals surface area contributed by atoms with E-state index < -0.39 is 6.04 Å². The van der Waals surface area contributed by atoms with Gasteiger partial charge in [0.1, 0.15) is 0 Å². The van der Waals surface area contributed by atoms with Crippen LogP contribution >= 0.6 is 0 Å². The van der Waals surface area contributed by atoms with Crippen molar-refractivity contribution in [3.8, 4) is 0 Å². The molecule has 0 radical (unpaired) electrons. The van der Waals surface area contributed by atoms with Crippen molar-refractivity contribution >= 4 is 22.7 Å². The van der Waals surface area contributed by atoms with Crippen molar-refractivity contribution in [2.45, 2.75) is 32.9 Å². The van der Waals surface area contributed by atoms with Gasteiger partial charge in [-0.25, -0.2) is 0 Å². The summed E-state index contributed by atoms with van der Waals surface area (Å²) in [6.07, 6.45) is 4.04. The van der Waals surface area contributed by atoms with Crippen LogP contribution in [0.25, 0.3) is 10.9 Å². The summed E-state index contributed by atoms with van der Waals surface area (Å²) >= 11 is 0. The molecule has 0 saturated carbocycles. The summed E-state index contributed by atoms with van der Waals surface area (Å²) in [5.74, 6) is -0.112. The van der Waals surface area contributed by atoms with E-state index in [4.69, 9.17) is 0 Å². The number of rotatable bonds is 6. The average Bonchev–Trinajstić information content (AvgIpc) is 2.68. The van der Waals surface area contributed by atoms with Crippen LogP contribution in [0.4, 0.5) is 0 Å². The molecule has 0 unspecified atom stereocenters. The molecule has 1 aromatic heterocycles. The highest BCUT2D eigenvalue weighted by Gasteiger charge is 2.31. The van der Waals surface area contributed by atoms with Crippen LogP contribution in [0.15, 0.2) is 48.2 Å². The SMILES string of the molecule is CC(C)=CCN1CCNC(=O)[C@H]1CC(=O)N(C)Cc1cccc2cccnc12. The topological polar surface area (TPSA) is 65.5 Å². The molecule has 0 spiro atoms. The Morgan fingerprint density at radius 1 is 1.32 bits per heavy atom. The van der Waals surface area contributed by atoms with Crippen LogP contribution in [-0.4, -0.2) is 59.3 Å². The number of piperazine rings is 1. The first-order valence-corrected chi connectivity index (χ1v) is 9.67. The zero-order valence-electron chi connectivity index (χ0n) is 16.8. The predicted molar refractivity (Wildman–Crippen MR) is 111 cm³/mol. The summed E-state index contributed by atoms with van der Waals surface area (Å²) in [4.78, 5) is 33.5. The Hall–Kier alpha value is -2.73. The zero-order chi connectivity index (χ0) is 20.1.